The maximum absolute atomic E-state index is 11.3. The fourth-order valence-corrected chi connectivity index (χ4v) is 1.80. The quantitative estimate of drug-likeness (QED) is 0.797. The van der Waals surface area contributed by atoms with Crippen LogP contribution < -0.4 is 10.1 Å². The van der Waals surface area contributed by atoms with Crippen molar-refractivity contribution >= 4 is 29.1 Å². The number of nitrogens with one attached hydrogen (secondary N) is 1. The number of hydrogen-bond donors (Lipinski definition) is 2. The van der Waals surface area contributed by atoms with Crippen molar-refractivity contribution in [1.29, 1.82) is 0 Å². The van der Waals surface area contributed by atoms with Crippen LogP contribution in [0.15, 0.2) is 18.2 Å². The minimum Gasteiger partial charge on any atom is -0.489 e. The van der Waals surface area contributed by atoms with E-state index in [4.69, 9.17) is 27.9 Å². The van der Waals surface area contributed by atoms with Gasteiger partial charge in [-0.25, -0.2) is 0 Å². The van der Waals surface area contributed by atoms with Gasteiger partial charge in [-0.3, -0.25) is 4.79 Å². The van der Waals surface area contributed by atoms with Crippen LogP contribution in [0.4, 0.5) is 0 Å². The van der Waals surface area contributed by atoms with Crippen LogP contribution >= 0.6 is 23.2 Å². The first-order valence-electron chi connectivity index (χ1n) is 6.07. The summed E-state index contributed by atoms with van der Waals surface area (Å²) in [7, 11) is 3.35. The highest BCUT2D eigenvalue weighted by atomic mass is 35.5. The summed E-state index contributed by atoms with van der Waals surface area (Å²) in [4.78, 5) is 12.8. The summed E-state index contributed by atoms with van der Waals surface area (Å²) < 4.78 is 5.38. The number of aliphatic hydroxyl groups excluding tert-OH is 1. The molecular weight excluding hydrogens is 303 g/mol. The number of ether oxygens (including phenoxy) is 1. The number of carbonyl (C=O) groups excluding carboxylic acids is 1. The van der Waals surface area contributed by atoms with E-state index in [2.05, 4.69) is 5.32 Å². The molecule has 0 fully saturated rings. The molecule has 20 heavy (non-hydrogen) atoms. The van der Waals surface area contributed by atoms with Gasteiger partial charge in [0, 0.05) is 25.7 Å². The Morgan fingerprint density at radius 1 is 1.45 bits per heavy atom. The second-order valence-electron chi connectivity index (χ2n) is 4.46. The van der Waals surface area contributed by atoms with E-state index < -0.39 is 6.10 Å². The molecule has 2 N–H and O–H groups in total. The number of rotatable bonds is 7. The third-order valence-electron chi connectivity index (χ3n) is 2.48. The number of carbonyl (C=O) groups is 1. The molecule has 1 aromatic carbocycles. The minimum atomic E-state index is -0.739. The number of halogens is 2. The van der Waals surface area contributed by atoms with Crippen molar-refractivity contribution in [2.45, 2.75) is 6.10 Å². The number of hydrogen-bond acceptors (Lipinski definition) is 4. The molecule has 0 saturated heterocycles. The zero-order valence-electron chi connectivity index (χ0n) is 11.4. The fraction of sp³-hybridized carbons (Fsp3) is 0.462. The molecule has 5 nitrogen and oxygen atoms in total. The highest BCUT2D eigenvalue weighted by molar-refractivity contribution is 6.35. The van der Waals surface area contributed by atoms with E-state index in [-0.39, 0.29) is 25.6 Å². The Kier molecular flexibility index (Phi) is 7.09. The van der Waals surface area contributed by atoms with Gasteiger partial charge in [-0.05, 0) is 18.2 Å². The topological polar surface area (TPSA) is 61.8 Å². The molecule has 0 aliphatic rings. The Morgan fingerprint density at radius 3 is 2.75 bits per heavy atom. The Balaban J connectivity index is 2.29. The zero-order chi connectivity index (χ0) is 15.1. The minimum absolute atomic E-state index is 0.0566. The molecule has 112 valence electrons. The molecule has 0 aliphatic heterocycles. The summed E-state index contributed by atoms with van der Waals surface area (Å²) >= 11 is 11.7. The van der Waals surface area contributed by atoms with Crippen molar-refractivity contribution in [3.63, 3.8) is 0 Å². The van der Waals surface area contributed by atoms with Crippen LogP contribution in [0.3, 0.4) is 0 Å². The summed E-state index contributed by atoms with van der Waals surface area (Å²) in [6.07, 6.45) is -0.739. The van der Waals surface area contributed by atoms with Gasteiger partial charge in [0.05, 0.1) is 11.6 Å². The number of benzene rings is 1. The summed E-state index contributed by atoms with van der Waals surface area (Å²) in [5.41, 5.74) is 0. The van der Waals surface area contributed by atoms with Gasteiger partial charge >= 0.3 is 0 Å². The molecular formula is C13H18Cl2N2O3. The van der Waals surface area contributed by atoms with Crippen molar-refractivity contribution in [1.82, 2.24) is 10.2 Å². The molecule has 0 radical (unpaired) electrons. The Labute approximate surface area is 128 Å². The number of aliphatic hydroxyl groups is 1. The molecule has 1 atom stereocenters. The van der Waals surface area contributed by atoms with Crippen LogP contribution in [0.5, 0.6) is 5.75 Å². The largest absolute Gasteiger partial charge is 0.489 e. The molecule has 0 aromatic heterocycles. The van der Waals surface area contributed by atoms with Gasteiger partial charge in [0.25, 0.3) is 0 Å². The number of amides is 1. The Hall–Kier alpha value is -1.01. The lowest BCUT2D eigenvalue weighted by molar-refractivity contribution is -0.127. The van der Waals surface area contributed by atoms with Gasteiger partial charge < -0.3 is 20.1 Å². The number of likely N-dealkylation sites (N-methyl/N-ethyl adjacent to an activating group) is 1. The van der Waals surface area contributed by atoms with Crippen LogP contribution in [-0.2, 0) is 4.79 Å². The lowest BCUT2D eigenvalue weighted by Gasteiger charge is -2.15. The first-order chi connectivity index (χ1) is 9.40. The second-order valence-corrected chi connectivity index (χ2v) is 5.30. The van der Waals surface area contributed by atoms with Crippen molar-refractivity contribution in [3.05, 3.63) is 28.2 Å². The molecule has 7 heteroatoms. The predicted molar refractivity (Wildman–Crippen MR) is 79.5 cm³/mol. The highest BCUT2D eigenvalue weighted by Gasteiger charge is 2.09. The Bertz CT molecular complexity index is 455. The SMILES string of the molecule is CN(C)C(=O)CNCC(O)COc1ccc(Cl)cc1Cl. The van der Waals surface area contributed by atoms with Gasteiger partial charge in [-0.1, -0.05) is 23.2 Å². The molecule has 0 aliphatic carbocycles. The van der Waals surface area contributed by atoms with E-state index in [1.807, 2.05) is 0 Å². The molecule has 0 heterocycles. The van der Waals surface area contributed by atoms with Gasteiger partial charge in [-0.2, -0.15) is 0 Å². The fourth-order valence-electron chi connectivity index (χ4n) is 1.34. The van der Waals surface area contributed by atoms with E-state index in [1.54, 1.807) is 32.3 Å². The monoisotopic (exact) mass is 320 g/mol. The maximum Gasteiger partial charge on any atom is 0.236 e. The zero-order valence-corrected chi connectivity index (χ0v) is 12.9. The van der Waals surface area contributed by atoms with E-state index in [0.29, 0.717) is 15.8 Å². The van der Waals surface area contributed by atoms with Crippen molar-refractivity contribution in [2.24, 2.45) is 0 Å². The number of nitrogens with zero attached hydrogens (tertiary/aromatic N) is 1. The predicted octanol–water partition coefficient (Wildman–Crippen LogP) is 1.41. The van der Waals surface area contributed by atoms with Crippen LogP contribution in [0.1, 0.15) is 0 Å². The van der Waals surface area contributed by atoms with Gasteiger partial charge in [-0.15, -0.1) is 0 Å². The van der Waals surface area contributed by atoms with Crippen LogP contribution in [-0.4, -0.2) is 55.8 Å². The molecule has 1 rings (SSSR count). The van der Waals surface area contributed by atoms with Crippen molar-refractivity contribution in [3.8, 4) is 5.75 Å². The molecule has 0 saturated carbocycles. The van der Waals surface area contributed by atoms with E-state index in [0.717, 1.165) is 0 Å². The lowest BCUT2D eigenvalue weighted by atomic mass is 10.3. The molecule has 1 amide bonds. The summed E-state index contributed by atoms with van der Waals surface area (Å²) in [5.74, 6) is 0.401. The third kappa shape index (κ3) is 5.96. The smallest absolute Gasteiger partial charge is 0.236 e. The van der Waals surface area contributed by atoms with E-state index >= 15 is 0 Å². The van der Waals surface area contributed by atoms with Gasteiger partial charge in [0.2, 0.25) is 5.91 Å². The normalized spacial score (nSPS) is 12.1. The second kappa shape index (κ2) is 8.32. The maximum atomic E-state index is 11.3. The third-order valence-corrected chi connectivity index (χ3v) is 3.01. The van der Waals surface area contributed by atoms with Crippen LogP contribution in [0.25, 0.3) is 0 Å². The Morgan fingerprint density at radius 2 is 2.15 bits per heavy atom. The van der Waals surface area contributed by atoms with Crippen LogP contribution in [0.2, 0.25) is 10.0 Å². The van der Waals surface area contributed by atoms with Gasteiger partial charge in [0.15, 0.2) is 0 Å². The van der Waals surface area contributed by atoms with Crippen LogP contribution in [0, 0.1) is 0 Å². The first kappa shape index (κ1) is 17.0. The van der Waals surface area contributed by atoms with Gasteiger partial charge in [0.1, 0.15) is 18.5 Å². The summed E-state index contributed by atoms with van der Waals surface area (Å²) in [6.45, 7) is 0.501. The average molecular weight is 321 g/mol. The average Bonchev–Trinajstić information content (AvgIpc) is 2.37. The molecule has 0 spiro atoms. The summed E-state index contributed by atoms with van der Waals surface area (Å²) in [5, 5.41) is 13.5. The molecule has 1 aromatic rings. The van der Waals surface area contributed by atoms with Crippen molar-refractivity contribution in [2.75, 3.05) is 33.8 Å². The van der Waals surface area contributed by atoms with Crippen molar-refractivity contribution < 1.29 is 14.6 Å². The lowest BCUT2D eigenvalue weighted by Crippen LogP contribution is -2.38. The highest BCUT2D eigenvalue weighted by Crippen LogP contribution is 2.27. The standard InChI is InChI=1S/C13H18Cl2N2O3/c1-17(2)13(19)7-16-6-10(18)8-20-12-4-3-9(14)5-11(12)15/h3-5,10,16,18H,6-8H2,1-2H3. The van der Waals surface area contributed by atoms with E-state index in [9.17, 15) is 9.90 Å². The molecule has 0 bridgehead atoms. The van der Waals surface area contributed by atoms with E-state index in [1.165, 1.54) is 4.90 Å². The summed E-state index contributed by atoms with van der Waals surface area (Å²) in [6, 6.07) is 4.86. The first-order valence-corrected chi connectivity index (χ1v) is 6.82. The molecule has 1 unspecified atom stereocenters.